The quantitative estimate of drug-likeness (QED) is 0.400. The topological polar surface area (TPSA) is 130 Å². The summed E-state index contributed by atoms with van der Waals surface area (Å²) in [5, 5.41) is 17.2. The zero-order valence-electron chi connectivity index (χ0n) is 19.8. The van der Waals surface area contributed by atoms with Crippen LogP contribution in [-0.4, -0.2) is 64.2 Å². The fraction of sp³-hybridized carbons (Fsp3) is 0.565. The summed E-state index contributed by atoms with van der Waals surface area (Å²) in [6, 6.07) is 1.99. The van der Waals surface area contributed by atoms with E-state index in [-0.39, 0.29) is 30.1 Å². The van der Waals surface area contributed by atoms with Gasteiger partial charge in [-0.15, -0.1) is 11.3 Å². The second kappa shape index (κ2) is 10.5. The molecule has 1 fully saturated rings. The predicted octanol–water partition coefficient (Wildman–Crippen LogP) is 3.57. The van der Waals surface area contributed by atoms with Gasteiger partial charge in [0.15, 0.2) is 0 Å². The molecule has 0 amide bonds. The van der Waals surface area contributed by atoms with E-state index in [4.69, 9.17) is 15.0 Å². The van der Waals surface area contributed by atoms with Crippen molar-refractivity contribution >= 4 is 43.2 Å². The van der Waals surface area contributed by atoms with Gasteiger partial charge in [-0.3, -0.25) is 4.98 Å². The van der Waals surface area contributed by atoms with Crippen LogP contribution >= 0.6 is 11.3 Å². The highest BCUT2D eigenvalue weighted by Crippen LogP contribution is 2.36. The molecule has 0 radical (unpaired) electrons. The van der Waals surface area contributed by atoms with Gasteiger partial charge in [-0.1, -0.05) is 13.3 Å². The average Bonchev–Trinajstić information content (AvgIpc) is 3.23. The molecule has 1 saturated heterocycles. The minimum absolute atomic E-state index is 0.0247. The molecule has 34 heavy (non-hydrogen) atoms. The van der Waals surface area contributed by atoms with Gasteiger partial charge < -0.3 is 15.7 Å². The molecule has 1 aliphatic rings. The number of fused-ring (bicyclic) bond motifs is 1. The van der Waals surface area contributed by atoms with Crippen LogP contribution in [0.2, 0.25) is 0 Å². The van der Waals surface area contributed by atoms with Crippen molar-refractivity contribution in [3.05, 3.63) is 23.7 Å². The fourth-order valence-corrected chi connectivity index (χ4v) is 6.75. The van der Waals surface area contributed by atoms with Gasteiger partial charge in [-0.25, -0.2) is 18.4 Å². The number of anilines is 2. The SMILES string of the molecule is CCC(CO)CCNc1nc(NC2CCS(=O)(=O)CC2)nc(C)c1-c1nc2c(C)nccc2s1. The minimum atomic E-state index is -2.93. The van der Waals surface area contributed by atoms with Crippen molar-refractivity contribution in [2.75, 3.05) is 35.3 Å². The third-order valence-electron chi connectivity index (χ3n) is 6.36. The predicted molar refractivity (Wildman–Crippen MR) is 137 cm³/mol. The minimum Gasteiger partial charge on any atom is -0.396 e. The Morgan fingerprint density at radius 1 is 1.18 bits per heavy atom. The number of sulfone groups is 1. The largest absolute Gasteiger partial charge is 0.396 e. The van der Waals surface area contributed by atoms with Crippen molar-refractivity contribution in [2.45, 2.75) is 52.5 Å². The van der Waals surface area contributed by atoms with Crippen LogP contribution in [0.4, 0.5) is 11.8 Å². The lowest BCUT2D eigenvalue weighted by Gasteiger charge is -2.24. The van der Waals surface area contributed by atoms with E-state index in [1.165, 1.54) is 0 Å². The first-order chi connectivity index (χ1) is 16.3. The lowest BCUT2D eigenvalue weighted by atomic mass is 10.0. The third kappa shape index (κ3) is 5.64. The van der Waals surface area contributed by atoms with Gasteiger partial charge in [0.05, 0.1) is 33.2 Å². The van der Waals surface area contributed by atoms with E-state index in [0.29, 0.717) is 31.2 Å². The molecule has 11 heteroatoms. The molecule has 4 rings (SSSR count). The molecule has 184 valence electrons. The smallest absolute Gasteiger partial charge is 0.225 e. The van der Waals surface area contributed by atoms with Gasteiger partial charge >= 0.3 is 0 Å². The number of nitrogens with zero attached hydrogens (tertiary/aromatic N) is 4. The molecule has 0 spiro atoms. The Balaban J connectivity index is 1.65. The van der Waals surface area contributed by atoms with Gasteiger partial charge in [-0.05, 0) is 45.1 Å². The maximum absolute atomic E-state index is 11.8. The molecule has 0 aliphatic carbocycles. The standard InChI is InChI=1S/C23H32N6O3S2/c1-4-16(13-30)5-9-25-21-19(22-28-20-15(3)24-10-6-18(20)33-22)14(2)26-23(29-21)27-17-7-11-34(31,32)12-8-17/h6,10,16-17,30H,4-5,7-9,11-13H2,1-3H3,(H2,25,26,27,29). The second-order valence-corrected chi connectivity index (χ2v) is 12.2. The number of hydrogen-bond acceptors (Lipinski definition) is 10. The van der Waals surface area contributed by atoms with E-state index in [2.05, 4.69) is 22.5 Å². The molecule has 0 aromatic carbocycles. The summed E-state index contributed by atoms with van der Waals surface area (Å²) in [7, 11) is -2.93. The van der Waals surface area contributed by atoms with Crippen molar-refractivity contribution in [2.24, 2.45) is 5.92 Å². The van der Waals surface area contributed by atoms with E-state index in [1.807, 2.05) is 19.9 Å². The van der Waals surface area contributed by atoms with Crippen molar-refractivity contribution in [3.63, 3.8) is 0 Å². The number of aliphatic hydroxyl groups is 1. The highest BCUT2D eigenvalue weighted by Gasteiger charge is 2.25. The van der Waals surface area contributed by atoms with Crippen LogP contribution in [0.25, 0.3) is 20.8 Å². The molecule has 3 aromatic rings. The van der Waals surface area contributed by atoms with Crippen molar-refractivity contribution < 1.29 is 13.5 Å². The summed E-state index contributed by atoms with van der Waals surface area (Å²) in [4.78, 5) is 18.7. The fourth-order valence-electron chi connectivity index (χ4n) is 4.15. The molecule has 0 saturated carbocycles. The van der Waals surface area contributed by atoms with Crippen LogP contribution in [0.5, 0.6) is 0 Å². The maximum Gasteiger partial charge on any atom is 0.225 e. The summed E-state index contributed by atoms with van der Waals surface area (Å²) >= 11 is 1.58. The number of rotatable bonds is 9. The third-order valence-corrected chi connectivity index (χ3v) is 9.12. The summed E-state index contributed by atoms with van der Waals surface area (Å²) in [6.07, 6.45) is 4.62. The number of hydrogen-bond donors (Lipinski definition) is 3. The Morgan fingerprint density at radius 3 is 2.62 bits per heavy atom. The number of aromatic nitrogens is 4. The molecule has 1 unspecified atom stereocenters. The van der Waals surface area contributed by atoms with Crippen LogP contribution < -0.4 is 10.6 Å². The summed E-state index contributed by atoms with van der Waals surface area (Å²) in [6.45, 7) is 6.79. The van der Waals surface area contributed by atoms with E-state index >= 15 is 0 Å². The highest BCUT2D eigenvalue weighted by atomic mass is 32.2. The normalized spacial score (nSPS) is 17.1. The number of pyridine rings is 1. The lowest BCUT2D eigenvalue weighted by Crippen LogP contribution is -2.32. The van der Waals surface area contributed by atoms with E-state index in [9.17, 15) is 13.5 Å². The molecule has 3 aromatic heterocycles. The number of nitrogens with one attached hydrogen (secondary N) is 2. The number of aliphatic hydroxyl groups excluding tert-OH is 1. The van der Waals surface area contributed by atoms with Crippen molar-refractivity contribution in [3.8, 4) is 10.6 Å². The second-order valence-electron chi connectivity index (χ2n) is 8.86. The van der Waals surface area contributed by atoms with Crippen LogP contribution in [0.3, 0.4) is 0 Å². The van der Waals surface area contributed by atoms with Gasteiger partial charge in [0, 0.05) is 25.4 Å². The van der Waals surface area contributed by atoms with Crippen LogP contribution in [0, 0.1) is 19.8 Å². The van der Waals surface area contributed by atoms with Crippen LogP contribution in [0.15, 0.2) is 12.3 Å². The van der Waals surface area contributed by atoms with Gasteiger partial charge in [0.1, 0.15) is 26.2 Å². The number of thiazole rings is 1. The molecule has 4 heterocycles. The van der Waals surface area contributed by atoms with E-state index in [1.54, 1.807) is 17.5 Å². The molecule has 1 aliphatic heterocycles. The maximum atomic E-state index is 11.8. The average molecular weight is 505 g/mol. The Hall–Kier alpha value is -2.37. The van der Waals surface area contributed by atoms with E-state index in [0.717, 1.165) is 45.0 Å². The van der Waals surface area contributed by atoms with Crippen LogP contribution in [-0.2, 0) is 9.84 Å². The molecular formula is C23H32N6O3S2. The first-order valence-corrected chi connectivity index (χ1v) is 14.4. The van der Waals surface area contributed by atoms with Gasteiger partial charge in [0.25, 0.3) is 0 Å². The Kier molecular flexibility index (Phi) is 7.63. The zero-order valence-corrected chi connectivity index (χ0v) is 21.5. The van der Waals surface area contributed by atoms with Crippen molar-refractivity contribution in [1.82, 2.24) is 19.9 Å². The summed E-state index contributed by atoms with van der Waals surface area (Å²) in [5.74, 6) is 1.78. The highest BCUT2D eigenvalue weighted by molar-refractivity contribution is 7.91. The molecule has 9 nitrogen and oxygen atoms in total. The first kappa shape index (κ1) is 24.7. The zero-order chi connectivity index (χ0) is 24.3. The Bertz CT molecular complexity index is 1240. The van der Waals surface area contributed by atoms with Gasteiger partial charge in [-0.2, -0.15) is 4.98 Å². The Morgan fingerprint density at radius 2 is 1.94 bits per heavy atom. The van der Waals surface area contributed by atoms with Gasteiger partial charge in [0.2, 0.25) is 5.95 Å². The van der Waals surface area contributed by atoms with Crippen LogP contribution in [0.1, 0.15) is 44.0 Å². The first-order valence-electron chi connectivity index (χ1n) is 11.7. The monoisotopic (exact) mass is 504 g/mol. The molecule has 0 bridgehead atoms. The summed E-state index contributed by atoms with van der Waals surface area (Å²) < 4.78 is 24.6. The van der Waals surface area contributed by atoms with Crippen molar-refractivity contribution in [1.29, 1.82) is 0 Å². The lowest BCUT2D eigenvalue weighted by molar-refractivity contribution is 0.217. The molecular weight excluding hydrogens is 472 g/mol. The Labute approximate surface area is 204 Å². The molecule has 3 N–H and O–H groups in total. The number of aryl methyl sites for hydroxylation is 2. The molecule has 1 atom stereocenters. The summed E-state index contributed by atoms with van der Waals surface area (Å²) in [5.41, 5.74) is 3.41. The van der Waals surface area contributed by atoms with E-state index < -0.39 is 9.84 Å².